The molecule has 0 spiro atoms. The maximum Gasteiger partial charge on any atom is 0.246 e. The van der Waals surface area contributed by atoms with E-state index in [1.54, 1.807) is 13.1 Å². The number of rotatable bonds is 7. The van der Waals surface area contributed by atoms with Crippen LogP contribution < -0.4 is 4.90 Å². The van der Waals surface area contributed by atoms with Gasteiger partial charge < -0.3 is 14.9 Å². The van der Waals surface area contributed by atoms with E-state index in [2.05, 4.69) is 16.5 Å². The largest absolute Gasteiger partial charge is 0.511 e. The van der Waals surface area contributed by atoms with Crippen molar-refractivity contribution in [3.8, 4) is 0 Å². The lowest BCUT2D eigenvalue weighted by Crippen LogP contribution is -2.50. The van der Waals surface area contributed by atoms with Crippen molar-refractivity contribution < 1.29 is 19.1 Å². The molecule has 0 unspecified atom stereocenters. The predicted octanol–water partition coefficient (Wildman–Crippen LogP) is 5.92. The molecule has 2 atom stereocenters. The number of likely N-dealkylation sites (tertiary alicyclic amines) is 2. The van der Waals surface area contributed by atoms with Gasteiger partial charge in [-0.2, -0.15) is 0 Å². The first-order valence-electron chi connectivity index (χ1n) is 13.7. The number of aliphatic hydroxyl groups excluding tert-OH is 1. The molecule has 3 aliphatic rings. The van der Waals surface area contributed by atoms with E-state index in [0.717, 1.165) is 12.0 Å². The van der Waals surface area contributed by atoms with Crippen LogP contribution in [0, 0.1) is 0 Å². The van der Waals surface area contributed by atoms with E-state index in [1.165, 1.54) is 17.1 Å². The van der Waals surface area contributed by atoms with Crippen molar-refractivity contribution in [2.24, 2.45) is 4.99 Å². The molecule has 2 bridgehead atoms. The monoisotopic (exact) mass is 577 g/mol. The zero-order valence-electron chi connectivity index (χ0n) is 23.3. The lowest BCUT2D eigenvalue weighted by molar-refractivity contribution is -0.127. The molecule has 10 heteroatoms. The molecule has 2 aromatic rings. The summed E-state index contributed by atoms with van der Waals surface area (Å²) in [5.41, 5.74) is 2.00. The van der Waals surface area contributed by atoms with Crippen LogP contribution in [0.1, 0.15) is 55.8 Å². The van der Waals surface area contributed by atoms with Crippen LogP contribution in [0.3, 0.4) is 0 Å². The zero-order valence-corrected chi connectivity index (χ0v) is 24.1. The van der Waals surface area contributed by atoms with Crippen LogP contribution in [0.5, 0.6) is 0 Å². The first-order valence-corrected chi connectivity index (χ1v) is 14.1. The van der Waals surface area contributed by atoms with Crippen LogP contribution in [0.4, 0.5) is 15.9 Å². The number of benzene rings is 1. The summed E-state index contributed by atoms with van der Waals surface area (Å²) < 4.78 is 15.1. The highest BCUT2D eigenvalue weighted by Crippen LogP contribution is 2.41. The van der Waals surface area contributed by atoms with Crippen molar-refractivity contribution in [1.29, 1.82) is 0 Å². The minimum atomic E-state index is -0.615. The summed E-state index contributed by atoms with van der Waals surface area (Å²) in [5, 5.41) is 10.8. The first-order chi connectivity index (χ1) is 19.7. The highest BCUT2D eigenvalue weighted by molar-refractivity contribution is 6.33. The van der Waals surface area contributed by atoms with Crippen LogP contribution in [-0.2, 0) is 9.59 Å². The Morgan fingerprint density at radius 2 is 1.98 bits per heavy atom. The van der Waals surface area contributed by atoms with Gasteiger partial charge in [-0.3, -0.25) is 19.5 Å². The Bertz CT molecular complexity index is 1500. The molecule has 1 aliphatic carbocycles. The van der Waals surface area contributed by atoms with Gasteiger partial charge >= 0.3 is 0 Å². The predicted molar refractivity (Wildman–Crippen MR) is 159 cm³/mol. The molecule has 5 rings (SSSR count). The number of fused-ring (bicyclic) bond motifs is 2. The molecule has 0 saturated carbocycles. The number of aromatic nitrogens is 1. The van der Waals surface area contributed by atoms with Crippen molar-refractivity contribution in [1.82, 2.24) is 14.8 Å². The SMILES string of the molecule is C=CC(=O)N1C[C@H]2C[C@@H]1CN2/C(=N/C)c1cc(Cl)c(C2=C(O)CCC=C2F)nc1N(C=O)c1ccccc1C(C)C. The van der Waals surface area contributed by atoms with Crippen LogP contribution in [-0.4, -0.2) is 70.3 Å². The third-order valence-electron chi connectivity index (χ3n) is 8.00. The Hall–Kier alpha value is -3.98. The van der Waals surface area contributed by atoms with Gasteiger partial charge in [-0.1, -0.05) is 50.2 Å². The van der Waals surface area contributed by atoms with Crippen molar-refractivity contribution >= 4 is 46.8 Å². The van der Waals surface area contributed by atoms with E-state index in [1.807, 2.05) is 43.0 Å². The fourth-order valence-corrected chi connectivity index (χ4v) is 6.33. The quantitative estimate of drug-likeness (QED) is 0.191. The molecule has 41 heavy (non-hydrogen) atoms. The van der Waals surface area contributed by atoms with Crippen molar-refractivity contribution in [3.63, 3.8) is 0 Å². The van der Waals surface area contributed by atoms with Crippen LogP contribution in [0.15, 0.2) is 65.6 Å². The summed E-state index contributed by atoms with van der Waals surface area (Å²) in [4.78, 5) is 40.0. The van der Waals surface area contributed by atoms with Gasteiger partial charge in [0.15, 0.2) is 5.82 Å². The zero-order chi connectivity index (χ0) is 29.4. The van der Waals surface area contributed by atoms with Crippen LogP contribution in [0.25, 0.3) is 5.57 Å². The summed E-state index contributed by atoms with van der Waals surface area (Å²) in [7, 11) is 1.66. The Morgan fingerprint density at radius 3 is 2.59 bits per heavy atom. The number of allylic oxidation sites excluding steroid dienone is 4. The van der Waals surface area contributed by atoms with E-state index in [9.17, 15) is 14.7 Å². The van der Waals surface area contributed by atoms with Gasteiger partial charge in [0, 0.05) is 26.6 Å². The van der Waals surface area contributed by atoms with Crippen molar-refractivity contribution in [2.75, 3.05) is 25.0 Å². The number of carbonyl (C=O) groups excluding carboxylic acids is 2. The van der Waals surface area contributed by atoms with Crippen LogP contribution in [0.2, 0.25) is 5.02 Å². The number of amides is 2. The highest BCUT2D eigenvalue weighted by atomic mass is 35.5. The number of piperazine rings is 1. The van der Waals surface area contributed by atoms with Gasteiger partial charge in [0.25, 0.3) is 0 Å². The normalized spacial score (nSPS) is 20.5. The number of aliphatic imine (C=N–C) groups is 1. The number of aliphatic hydroxyl groups is 1. The van der Waals surface area contributed by atoms with E-state index < -0.39 is 5.83 Å². The summed E-state index contributed by atoms with van der Waals surface area (Å²) >= 11 is 6.77. The van der Waals surface area contributed by atoms with E-state index >= 15 is 4.39 Å². The lowest BCUT2D eigenvalue weighted by Gasteiger charge is -2.36. The van der Waals surface area contributed by atoms with Crippen molar-refractivity contribution in [2.45, 2.75) is 51.1 Å². The molecule has 3 heterocycles. The average molecular weight is 578 g/mol. The van der Waals surface area contributed by atoms with Crippen LogP contribution >= 0.6 is 11.6 Å². The molecular weight excluding hydrogens is 545 g/mol. The molecule has 2 amide bonds. The third-order valence-corrected chi connectivity index (χ3v) is 8.29. The molecule has 1 N–H and O–H groups in total. The van der Waals surface area contributed by atoms with Gasteiger partial charge in [-0.05, 0) is 48.6 Å². The number of pyridine rings is 1. The summed E-state index contributed by atoms with van der Waals surface area (Å²) in [6, 6.07) is 9.17. The minimum Gasteiger partial charge on any atom is -0.511 e. The fraction of sp³-hybridized carbons (Fsp3) is 0.355. The Balaban J connectivity index is 1.68. The maximum atomic E-state index is 15.1. The number of nitrogens with zero attached hydrogens (tertiary/aromatic N) is 5. The molecule has 214 valence electrons. The Labute approximate surface area is 244 Å². The second-order valence-electron chi connectivity index (χ2n) is 10.7. The summed E-state index contributed by atoms with van der Waals surface area (Å²) in [5.74, 6) is 0.00705. The average Bonchev–Trinajstić information content (AvgIpc) is 3.57. The third kappa shape index (κ3) is 5.03. The molecule has 2 fully saturated rings. The second kappa shape index (κ2) is 11.5. The fourth-order valence-electron chi connectivity index (χ4n) is 6.09. The standard InChI is InChI=1S/C31H33ClFN5O3/c1-5-27(41)36-15-20-13-19(36)16-37(20)30(34-4)22-14-23(32)29(28-24(33)10-8-12-26(28)40)35-31(22)38(17-39)25-11-7-6-9-21(25)18(2)3/h5-7,9-11,14,17-20,40H,1,8,12-13,15-16H2,2-4H3/b34-30+/t19-,20-/m1/s1. The molecule has 2 aliphatic heterocycles. The van der Waals surface area contributed by atoms with Gasteiger partial charge in [0.2, 0.25) is 12.3 Å². The van der Waals surface area contributed by atoms with E-state index in [4.69, 9.17) is 16.6 Å². The number of anilines is 2. The number of halogens is 2. The molecule has 8 nitrogen and oxygen atoms in total. The van der Waals surface area contributed by atoms with Gasteiger partial charge in [-0.15, -0.1) is 0 Å². The molecular formula is C31H33ClFN5O3. The van der Waals surface area contributed by atoms with Gasteiger partial charge in [0.1, 0.15) is 17.4 Å². The summed E-state index contributed by atoms with van der Waals surface area (Å²) in [6.45, 7) is 8.75. The number of hydrogen-bond donors (Lipinski definition) is 1. The van der Waals surface area contributed by atoms with Gasteiger partial charge in [-0.25, -0.2) is 9.37 Å². The first kappa shape index (κ1) is 28.5. The molecule has 1 aromatic heterocycles. The van der Waals surface area contributed by atoms with Crippen molar-refractivity contribution in [3.05, 3.63) is 82.5 Å². The molecule has 2 saturated heterocycles. The number of para-hydroxylation sites is 1. The smallest absolute Gasteiger partial charge is 0.246 e. The molecule has 0 radical (unpaired) electrons. The number of carbonyl (C=O) groups is 2. The van der Waals surface area contributed by atoms with Gasteiger partial charge in [0.05, 0.1) is 39.6 Å². The second-order valence-corrected chi connectivity index (χ2v) is 11.1. The lowest BCUT2D eigenvalue weighted by atomic mass is 9.98. The topological polar surface area (TPSA) is 89.3 Å². The Kier molecular flexibility index (Phi) is 8.00. The highest BCUT2D eigenvalue weighted by Gasteiger charge is 2.46. The Morgan fingerprint density at radius 1 is 1.27 bits per heavy atom. The minimum absolute atomic E-state index is 0.000759. The molecule has 1 aromatic carbocycles. The maximum absolute atomic E-state index is 15.1. The van der Waals surface area contributed by atoms with E-state index in [0.29, 0.717) is 43.0 Å². The van der Waals surface area contributed by atoms with E-state index in [-0.39, 0.29) is 58.2 Å². The summed E-state index contributed by atoms with van der Waals surface area (Å²) in [6.07, 6.45) is 4.79. The number of amidine groups is 1. The number of hydrogen-bond acceptors (Lipinski definition) is 5.